The highest BCUT2D eigenvalue weighted by Gasteiger charge is 2.16. The van der Waals surface area contributed by atoms with Crippen LogP contribution in [-0.2, 0) is 16.1 Å². The Balaban J connectivity index is 1.37. The second-order valence-electron chi connectivity index (χ2n) is 5.97. The van der Waals surface area contributed by atoms with Gasteiger partial charge in [-0.2, -0.15) is 0 Å². The smallest absolute Gasteiger partial charge is 0.258 e. The van der Waals surface area contributed by atoms with E-state index in [-0.39, 0.29) is 18.6 Å². The molecule has 1 saturated heterocycles. The molecule has 1 fully saturated rings. The number of nitrogens with one attached hydrogen (secondary N) is 1. The van der Waals surface area contributed by atoms with Crippen LogP contribution in [0.25, 0.3) is 0 Å². The van der Waals surface area contributed by atoms with Gasteiger partial charge in [-0.05, 0) is 42.7 Å². The van der Waals surface area contributed by atoms with Crippen LogP contribution < -0.4 is 14.8 Å². The molecular formula is C20H23NO4. The Morgan fingerprint density at radius 3 is 2.44 bits per heavy atom. The monoisotopic (exact) mass is 341 g/mol. The lowest BCUT2D eigenvalue weighted by Crippen LogP contribution is -2.35. The summed E-state index contributed by atoms with van der Waals surface area (Å²) in [4.78, 5) is 11.8. The van der Waals surface area contributed by atoms with Crippen LogP contribution >= 0.6 is 0 Å². The fourth-order valence-corrected chi connectivity index (χ4v) is 2.61. The summed E-state index contributed by atoms with van der Waals surface area (Å²) in [6, 6.07) is 17.3. The maximum atomic E-state index is 11.8. The van der Waals surface area contributed by atoms with E-state index in [0.29, 0.717) is 18.9 Å². The first-order chi connectivity index (χ1) is 12.3. The van der Waals surface area contributed by atoms with E-state index in [1.807, 2.05) is 42.5 Å². The van der Waals surface area contributed by atoms with Crippen molar-refractivity contribution in [3.05, 3.63) is 60.2 Å². The average molecular weight is 341 g/mol. The maximum absolute atomic E-state index is 11.8. The van der Waals surface area contributed by atoms with Gasteiger partial charge < -0.3 is 19.5 Å². The predicted molar refractivity (Wildman–Crippen MR) is 94.7 cm³/mol. The molecule has 0 saturated carbocycles. The van der Waals surface area contributed by atoms with Crippen molar-refractivity contribution in [2.75, 3.05) is 19.8 Å². The fraction of sp³-hybridized carbons (Fsp3) is 0.350. The van der Waals surface area contributed by atoms with Crippen LogP contribution in [0.2, 0.25) is 0 Å². The number of amides is 1. The van der Waals surface area contributed by atoms with Gasteiger partial charge in [0.1, 0.15) is 18.1 Å². The molecule has 1 aliphatic heterocycles. The third kappa shape index (κ3) is 5.80. The molecule has 0 spiro atoms. The SMILES string of the molecule is O=C(COc1ccc(OCc2ccccc2)cc1)NC[C@H]1CCCO1. The lowest BCUT2D eigenvalue weighted by atomic mass is 10.2. The number of hydrogen-bond acceptors (Lipinski definition) is 4. The third-order valence-corrected chi connectivity index (χ3v) is 3.99. The first-order valence-electron chi connectivity index (χ1n) is 8.57. The summed E-state index contributed by atoms with van der Waals surface area (Å²) < 4.78 is 16.7. The van der Waals surface area contributed by atoms with Crippen LogP contribution in [0.5, 0.6) is 11.5 Å². The molecule has 0 bridgehead atoms. The summed E-state index contributed by atoms with van der Waals surface area (Å²) in [6.45, 7) is 1.85. The van der Waals surface area contributed by atoms with E-state index in [2.05, 4.69) is 5.32 Å². The van der Waals surface area contributed by atoms with Crippen LogP contribution in [0.3, 0.4) is 0 Å². The molecule has 132 valence electrons. The molecule has 3 rings (SSSR count). The Kier molecular flexibility index (Phi) is 6.29. The Bertz CT molecular complexity index is 651. The molecule has 1 N–H and O–H groups in total. The van der Waals surface area contributed by atoms with E-state index in [9.17, 15) is 4.79 Å². The minimum Gasteiger partial charge on any atom is -0.489 e. The molecule has 1 aliphatic rings. The second-order valence-corrected chi connectivity index (χ2v) is 5.97. The van der Waals surface area contributed by atoms with E-state index < -0.39 is 0 Å². The minimum absolute atomic E-state index is 0.00304. The maximum Gasteiger partial charge on any atom is 0.258 e. The van der Waals surface area contributed by atoms with Crippen LogP contribution in [0.15, 0.2) is 54.6 Å². The topological polar surface area (TPSA) is 56.8 Å². The summed E-state index contributed by atoms with van der Waals surface area (Å²) in [5, 5.41) is 2.83. The van der Waals surface area contributed by atoms with Crippen LogP contribution in [0, 0.1) is 0 Å². The lowest BCUT2D eigenvalue weighted by Gasteiger charge is -2.12. The summed E-state index contributed by atoms with van der Waals surface area (Å²) in [5.41, 5.74) is 1.12. The highest BCUT2D eigenvalue weighted by molar-refractivity contribution is 5.77. The Labute approximate surface area is 147 Å². The second kappa shape index (κ2) is 9.08. The summed E-state index contributed by atoms with van der Waals surface area (Å²) in [7, 11) is 0. The van der Waals surface area contributed by atoms with Gasteiger partial charge >= 0.3 is 0 Å². The van der Waals surface area contributed by atoms with Gasteiger partial charge in [-0.3, -0.25) is 4.79 Å². The molecular weight excluding hydrogens is 318 g/mol. The van der Waals surface area contributed by atoms with Gasteiger partial charge in [-0.15, -0.1) is 0 Å². The average Bonchev–Trinajstić information content (AvgIpc) is 3.18. The number of rotatable bonds is 8. The predicted octanol–water partition coefficient (Wildman–Crippen LogP) is 2.94. The number of ether oxygens (including phenoxy) is 3. The Hall–Kier alpha value is -2.53. The summed E-state index contributed by atoms with van der Waals surface area (Å²) in [6.07, 6.45) is 2.21. The van der Waals surface area contributed by atoms with Gasteiger partial charge in [0.15, 0.2) is 6.61 Å². The van der Waals surface area contributed by atoms with Crippen LogP contribution in [0.4, 0.5) is 0 Å². The van der Waals surface area contributed by atoms with Crippen molar-refractivity contribution in [2.45, 2.75) is 25.6 Å². The zero-order valence-corrected chi connectivity index (χ0v) is 14.1. The Morgan fingerprint density at radius 2 is 1.76 bits per heavy atom. The van der Waals surface area contributed by atoms with E-state index >= 15 is 0 Å². The standard InChI is InChI=1S/C20H23NO4/c22-20(21-13-19-7-4-12-23-19)15-25-18-10-8-17(9-11-18)24-14-16-5-2-1-3-6-16/h1-3,5-6,8-11,19H,4,7,12-15H2,(H,21,22)/t19-/m1/s1. The largest absolute Gasteiger partial charge is 0.489 e. The highest BCUT2D eigenvalue weighted by atomic mass is 16.5. The quantitative estimate of drug-likeness (QED) is 0.802. The highest BCUT2D eigenvalue weighted by Crippen LogP contribution is 2.18. The van der Waals surface area contributed by atoms with Crippen molar-refractivity contribution in [1.82, 2.24) is 5.32 Å². The lowest BCUT2D eigenvalue weighted by molar-refractivity contribution is -0.123. The summed E-state index contributed by atoms with van der Waals surface area (Å²) >= 11 is 0. The van der Waals surface area contributed by atoms with Crippen molar-refractivity contribution in [3.63, 3.8) is 0 Å². The molecule has 0 radical (unpaired) electrons. The normalized spacial score (nSPS) is 16.4. The first kappa shape index (κ1) is 17.3. The molecule has 1 heterocycles. The van der Waals surface area contributed by atoms with Gasteiger partial charge in [0.2, 0.25) is 0 Å². The van der Waals surface area contributed by atoms with E-state index in [4.69, 9.17) is 14.2 Å². The van der Waals surface area contributed by atoms with Crippen molar-refractivity contribution in [1.29, 1.82) is 0 Å². The number of benzene rings is 2. The van der Waals surface area contributed by atoms with Gasteiger partial charge in [0, 0.05) is 13.2 Å². The van der Waals surface area contributed by atoms with Crippen LogP contribution in [-0.4, -0.2) is 31.8 Å². The molecule has 2 aromatic carbocycles. The minimum atomic E-state index is -0.139. The van der Waals surface area contributed by atoms with E-state index in [1.54, 1.807) is 12.1 Å². The molecule has 0 aromatic heterocycles. The molecule has 1 amide bonds. The van der Waals surface area contributed by atoms with Gasteiger partial charge in [-0.1, -0.05) is 30.3 Å². The van der Waals surface area contributed by atoms with Gasteiger partial charge in [0.05, 0.1) is 6.10 Å². The third-order valence-electron chi connectivity index (χ3n) is 3.99. The zero-order valence-electron chi connectivity index (χ0n) is 14.1. The van der Waals surface area contributed by atoms with Gasteiger partial charge in [0.25, 0.3) is 5.91 Å². The molecule has 2 aromatic rings. The zero-order chi connectivity index (χ0) is 17.3. The number of hydrogen-bond donors (Lipinski definition) is 1. The van der Waals surface area contributed by atoms with E-state index in [1.165, 1.54) is 0 Å². The van der Waals surface area contributed by atoms with Crippen molar-refractivity contribution >= 4 is 5.91 Å². The fourth-order valence-electron chi connectivity index (χ4n) is 2.61. The number of carbonyl (C=O) groups is 1. The van der Waals surface area contributed by atoms with Crippen molar-refractivity contribution in [3.8, 4) is 11.5 Å². The molecule has 1 atom stereocenters. The summed E-state index contributed by atoms with van der Waals surface area (Å²) in [5.74, 6) is 1.26. The van der Waals surface area contributed by atoms with E-state index in [0.717, 1.165) is 30.8 Å². The molecule has 5 heteroatoms. The molecule has 5 nitrogen and oxygen atoms in total. The van der Waals surface area contributed by atoms with Crippen LogP contribution in [0.1, 0.15) is 18.4 Å². The van der Waals surface area contributed by atoms with Gasteiger partial charge in [-0.25, -0.2) is 0 Å². The Morgan fingerprint density at radius 1 is 1.04 bits per heavy atom. The number of carbonyl (C=O) groups excluding carboxylic acids is 1. The molecule has 0 unspecified atom stereocenters. The molecule has 25 heavy (non-hydrogen) atoms. The van der Waals surface area contributed by atoms with Crippen molar-refractivity contribution in [2.24, 2.45) is 0 Å². The molecule has 0 aliphatic carbocycles. The van der Waals surface area contributed by atoms with Crippen molar-refractivity contribution < 1.29 is 19.0 Å². The first-order valence-corrected chi connectivity index (χ1v) is 8.57.